The van der Waals surface area contributed by atoms with Crippen LogP contribution < -0.4 is 15.1 Å². The van der Waals surface area contributed by atoms with Crippen LogP contribution >= 0.6 is 0 Å². The molecule has 0 aromatic heterocycles. The predicted molar refractivity (Wildman–Crippen MR) is 112 cm³/mol. The van der Waals surface area contributed by atoms with Crippen LogP contribution in [0.2, 0.25) is 0 Å². The molecule has 2 aliphatic rings. The zero-order chi connectivity index (χ0) is 21.0. The van der Waals surface area contributed by atoms with Gasteiger partial charge in [-0.1, -0.05) is 18.2 Å². The molecular formula is C22H36N4O3+2. The number of anilines is 1. The van der Waals surface area contributed by atoms with Gasteiger partial charge in [0.2, 0.25) is 0 Å². The molecule has 0 spiro atoms. The summed E-state index contributed by atoms with van der Waals surface area (Å²) in [7, 11) is 0. The minimum absolute atomic E-state index is 0.0632. The maximum absolute atomic E-state index is 12.7. The smallest absolute Gasteiger partial charge is 0.279 e. The number of piperazine rings is 1. The molecule has 1 aromatic carbocycles. The third-order valence-corrected chi connectivity index (χ3v) is 5.99. The van der Waals surface area contributed by atoms with Crippen molar-refractivity contribution in [3.8, 4) is 0 Å². The molecular weight excluding hydrogens is 368 g/mol. The number of ether oxygens (including phenoxy) is 1. The summed E-state index contributed by atoms with van der Waals surface area (Å²) in [6, 6.07) is 6.04. The van der Waals surface area contributed by atoms with Crippen LogP contribution in [0.15, 0.2) is 18.2 Å². The highest BCUT2D eigenvalue weighted by molar-refractivity contribution is 5.93. The van der Waals surface area contributed by atoms with Crippen molar-refractivity contribution < 1.29 is 24.1 Å². The molecule has 1 aromatic rings. The lowest BCUT2D eigenvalue weighted by atomic mass is 10.1. The van der Waals surface area contributed by atoms with E-state index >= 15 is 0 Å². The number of rotatable bonds is 5. The summed E-state index contributed by atoms with van der Waals surface area (Å²) in [6.07, 6.45) is 0.212. The average Bonchev–Trinajstić information content (AvgIpc) is 2.65. The fraction of sp³-hybridized carbons (Fsp3) is 0.636. The van der Waals surface area contributed by atoms with Gasteiger partial charge in [0.1, 0.15) is 26.2 Å². The molecule has 0 radical (unpaired) electrons. The molecule has 0 saturated carbocycles. The quantitative estimate of drug-likeness (QED) is 0.569. The Hall–Kier alpha value is -1.96. The molecule has 2 heterocycles. The number of carbonyl (C=O) groups excluding carboxylic acids is 2. The van der Waals surface area contributed by atoms with E-state index in [0.717, 1.165) is 43.0 Å². The first-order chi connectivity index (χ1) is 13.8. The standard InChI is InChI=1S/C22H34N4O3/c1-16-6-5-7-17(2)22(16)23-20(27)14-24-8-10-25(11-9-24)15-21(28)26-12-18(3)29-19(4)13-26/h5-7,18-19H,8-15H2,1-4H3,(H,23,27)/p+2/t18-,19-/m1/s1. The van der Waals surface area contributed by atoms with Crippen molar-refractivity contribution in [2.24, 2.45) is 0 Å². The number of amides is 2. The number of nitrogens with one attached hydrogen (secondary N) is 3. The zero-order valence-electron chi connectivity index (χ0n) is 18.2. The van der Waals surface area contributed by atoms with Gasteiger partial charge in [0.25, 0.3) is 11.8 Å². The molecule has 29 heavy (non-hydrogen) atoms. The van der Waals surface area contributed by atoms with E-state index in [1.165, 1.54) is 9.80 Å². The number of para-hydroxylation sites is 1. The van der Waals surface area contributed by atoms with Crippen molar-refractivity contribution >= 4 is 17.5 Å². The minimum Gasteiger partial charge on any atom is -0.372 e. The van der Waals surface area contributed by atoms with Crippen molar-refractivity contribution in [2.45, 2.75) is 39.9 Å². The summed E-state index contributed by atoms with van der Waals surface area (Å²) in [5.74, 6) is 0.284. The summed E-state index contributed by atoms with van der Waals surface area (Å²) in [5, 5.41) is 3.08. The fourth-order valence-corrected chi connectivity index (χ4v) is 4.44. The number of hydrogen-bond donors (Lipinski definition) is 3. The van der Waals surface area contributed by atoms with E-state index in [1.54, 1.807) is 0 Å². The highest BCUT2D eigenvalue weighted by atomic mass is 16.5. The second-order valence-corrected chi connectivity index (χ2v) is 8.72. The number of carbonyl (C=O) groups is 2. The van der Waals surface area contributed by atoms with Crippen LogP contribution in [0, 0.1) is 13.8 Å². The van der Waals surface area contributed by atoms with Gasteiger partial charge in [-0.25, -0.2) is 0 Å². The number of aryl methyl sites for hydroxylation is 2. The maximum atomic E-state index is 12.7. The lowest BCUT2D eigenvalue weighted by Crippen LogP contribution is -3.28. The summed E-state index contributed by atoms with van der Waals surface area (Å²) < 4.78 is 5.72. The molecule has 0 aliphatic carbocycles. The van der Waals surface area contributed by atoms with E-state index < -0.39 is 0 Å². The van der Waals surface area contributed by atoms with Gasteiger partial charge < -0.3 is 24.8 Å². The average molecular weight is 405 g/mol. The number of nitrogens with zero attached hydrogens (tertiary/aromatic N) is 1. The van der Waals surface area contributed by atoms with Gasteiger partial charge in [-0.15, -0.1) is 0 Å². The van der Waals surface area contributed by atoms with Crippen LogP contribution in [0.25, 0.3) is 0 Å². The molecule has 3 rings (SSSR count). The van der Waals surface area contributed by atoms with Crippen LogP contribution in [-0.2, 0) is 14.3 Å². The maximum Gasteiger partial charge on any atom is 0.279 e. The van der Waals surface area contributed by atoms with E-state index in [1.807, 2.05) is 50.8 Å². The highest BCUT2D eigenvalue weighted by Gasteiger charge is 2.31. The van der Waals surface area contributed by atoms with Crippen LogP contribution in [-0.4, -0.2) is 81.3 Å². The van der Waals surface area contributed by atoms with Gasteiger partial charge in [-0.05, 0) is 38.8 Å². The second-order valence-electron chi connectivity index (χ2n) is 8.72. The normalized spacial score (nSPS) is 27.5. The summed E-state index contributed by atoms with van der Waals surface area (Å²) in [6.45, 7) is 14.2. The summed E-state index contributed by atoms with van der Waals surface area (Å²) in [5.41, 5.74) is 3.11. The third kappa shape index (κ3) is 6.01. The molecule has 3 N–H and O–H groups in total. The molecule has 2 saturated heterocycles. The van der Waals surface area contributed by atoms with Gasteiger partial charge in [0.15, 0.2) is 13.1 Å². The SMILES string of the molecule is Cc1cccc(C)c1NC(=O)C[NH+]1CC[NH+](CC(=O)N2C[C@@H](C)O[C@H](C)C2)CC1. The molecule has 0 unspecified atom stereocenters. The molecule has 2 amide bonds. The number of morpholine rings is 1. The Morgan fingerprint density at radius 3 is 2.07 bits per heavy atom. The Balaban J connectivity index is 1.42. The van der Waals surface area contributed by atoms with Crippen molar-refractivity contribution in [3.05, 3.63) is 29.3 Å². The van der Waals surface area contributed by atoms with E-state index in [-0.39, 0.29) is 24.0 Å². The number of quaternary nitrogens is 2. The predicted octanol–water partition coefficient (Wildman–Crippen LogP) is -1.34. The molecule has 2 aliphatic heterocycles. The van der Waals surface area contributed by atoms with Crippen LogP contribution in [0.4, 0.5) is 5.69 Å². The molecule has 7 nitrogen and oxygen atoms in total. The van der Waals surface area contributed by atoms with E-state index in [0.29, 0.717) is 26.2 Å². The Kier molecular flexibility index (Phi) is 7.27. The number of benzene rings is 1. The van der Waals surface area contributed by atoms with Crippen molar-refractivity contribution in [1.82, 2.24) is 4.90 Å². The number of hydrogen-bond acceptors (Lipinski definition) is 3. The lowest BCUT2D eigenvalue weighted by Gasteiger charge is -2.36. The largest absolute Gasteiger partial charge is 0.372 e. The van der Waals surface area contributed by atoms with Crippen LogP contribution in [0.5, 0.6) is 0 Å². The van der Waals surface area contributed by atoms with Crippen molar-refractivity contribution in [3.63, 3.8) is 0 Å². The van der Waals surface area contributed by atoms with Crippen LogP contribution in [0.1, 0.15) is 25.0 Å². The minimum atomic E-state index is 0.0632. The fourth-order valence-electron chi connectivity index (χ4n) is 4.44. The molecule has 2 atom stereocenters. The van der Waals surface area contributed by atoms with E-state index in [9.17, 15) is 9.59 Å². The van der Waals surface area contributed by atoms with Gasteiger partial charge in [-0.3, -0.25) is 9.59 Å². The first kappa shape index (κ1) is 21.7. The monoisotopic (exact) mass is 404 g/mol. The topological polar surface area (TPSA) is 67.5 Å². The van der Waals surface area contributed by atoms with Crippen LogP contribution in [0.3, 0.4) is 0 Å². The van der Waals surface area contributed by atoms with Gasteiger partial charge in [0.05, 0.1) is 12.2 Å². The first-order valence-electron chi connectivity index (χ1n) is 10.8. The Bertz CT molecular complexity index is 701. The first-order valence-corrected chi connectivity index (χ1v) is 10.8. The molecule has 160 valence electrons. The molecule has 0 bridgehead atoms. The molecule has 7 heteroatoms. The van der Waals surface area contributed by atoms with Crippen molar-refractivity contribution in [1.29, 1.82) is 0 Å². The summed E-state index contributed by atoms with van der Waals surface area (Å²) in [4.78, 5) is 29.7. The summed E-state index contributed by atoms with van der Waals surface area (Å²) >= 11 is 0. The Morgan fingerprint density at radius 2 is 1.52 bits per heavy atom. The highest BCUT2D eigenvalue weighted by Crippen LogP contribution is 2.18. The lowest BCUT2D eigenvalue weighted by molar-refractivity contribution is -1.00. The van der Waals surface area contributed by atoms with E-state index in [4.69, 9.17) is 4.74 Å². The van der Waals surface area contributed by atoms with Gasteiger partial charge in [-0.2, -0.15) is 0 Å². The van der Waals surface area contributed by atoms with E-state index in [2.05, 4.69) is 5.32 Å². The van der Waals surface area contributed by atoms with Gasteiger partial charge in [0, 0.05) is 18.8 Å². The van der Waals surface area contributed by atoms with Gasteiger partial charge >= 0.3 is 0 Å². The zero-order valence-corrected chi connectivity index (χ0v) is 18.2. The molecule has 2 fully saturated rings. The Morgan fingerprint density at radius 1 is 1.00 bits per heavy atom. The third-order valence-electron chi connectivity index (χ3n) is 5.99. The second kappa shape index (κ2) is 9.69. The Labute approximate surface area is 174 Å². The van der Waals surface area contributed by atoms with Crippen molar-refractivity contribution in [2.75, 3.05) is 57.7 Å².